The molecule has 0 aliphatic heterocycles. The standard InChI is InChI=1S/C21H42N2O2/c1-7-8-20(5,6)15-21(16-24-11-9-22,17-25-12-10-23)14-19(4)13-18(2)3/h7-8,13,18H,9-12,14-17,22-23H2,1-6H3/b8-7-,19-13+. The quantitative estimate of drug-likeness (QED) is 0.366. The smallest absolute Gasteiger partial charge is 0.0589 e. The Morgan fingerprint density at radius 2 is 1.56 bits per heavy atom. The molecule has 0 fully saturated rings. The van der Waals surface area contributed by atoms with E-state index in [0.717, 1.165) is 12.8 Å². The van der Waals surface area contributed by atoms with Gasteiger partial charge in [-0.2, -0.15) is 0 Å². The van der Waals surface area contributed by atoms with Gasteiger partial charge in [0, 0.05) is 18.5 Å². The van der Waals surface area contributed by atoms with E-state index in [1.54, 1.807) is 0 Å². The van der Waals surface area contributed by atoms with E-state index in [0.29, 0.717) is 45.4 Å². The molecule has 0 saturated heterocycles. The molecule has 0 rings (SSSR count). The van der Waals surface area contributed by atoms with E-state index >= 15 is 0 Å². The zero-order valence-corrected chi connectivity index (χ0v) is 17.4. The van der Waals surface area contributed by atoms with Crippen molar-refractivity contribution < 1.29 is 9.47 Å². The second-order valence-electron chi connectivity index (χ2n) is 8.28. The van der Waals surface area contributed by atoms with Gasteiger partial charge in [0.2, 0.25) is 0 Å². The third-order valence-electron chi connectivity index (χ3n) is 4.06. The lowest BCUT2D eigenvalue weighted by atomic mass is 9.70. The van der Waals surface area contributed by atoms with Crippen molar-refractivity contribution in [3.63, 3.8) is 0 Å². The average molecular weight is 355 g/mol. The summed E-state index contributed by atoms with van der Waals surface area (Å²) in [5.74, 6) is 0.538. The summed E-state index contributed by atoms with van der Waals surface area (Å²) in [6.45, 7) is 16.8. The minimum absolute atomic E-state index is 0.0744. The normalized spacial score (nSPS) is 14.0. The van der Waals surface area contributed by atoms with Crippen LogP contribution in [-0.4, -0.2) is 39.5 Å². The highest BCUT2D eigenvalue weighted by molar-refractivity contribution is 5.07. The molecule has 148 valence electrons. The first kappa shape index (κ1) is 24.3. The summed E-state index contributed by atoms with van der Waals surface area (Å²) in [5.41, 5.74) is 12.6. The molecular formula is C21H42N2O2. The Hall–Kier alpha value is -0.680. The summed E-state index contributed by atoms with van der Waals surface area (Å²) in [5, 5.41) is 0. The van der Waals surface area contributed by atoms with Gasteiger partial charge in [-0.3, -0.25) is 0 Å². The van der Waals surface area contributed by atoms with E-state index in [2.05, 4.69) is 59.8 Å². The molecule has 4 N–H and O–H groups in total. The molecule has 0 aromatic rings. The van der Waals surface area contributed by atoms with Crippen molar-refractivity contribution in [2.45, 2.75) is 54.4 Å². The highest BCUT2D eigenvalue weighted by atomic mass is 16.5. The van der Waals surface area contributed by atoms with Gasteiger partial charge in [0.1, 0.15) is 0 Å². The van der Waals surface area contributed by atoms with Gasteiger partial charge in [0.25, 0.3) is 0 Å². The molecule has 0 aliphatic carbocycles. The van der Waals surface area contributed by atoms with Crippen LogP contribution in [0.4, 0.5) is 0 Å². The summed E-state index contributed by atoms with van der Waals surface area (Å²) in [4.78, 5) is 0. The van der Waals surface area contributed by atoms with Crippen LogP contribution in [0.25, 0.3) is 0 Å². The van der Waals surface area contributed by atoms with Crippen molar-refractivity contribution in [2.24, 2.45) is 28.2 Å². The predicted octanol–water partition coefficient (Wildman–Crippen LogP) is 3.91. The Balaban J connectivity index is 5.50. The zero-order chi connectivity index (χ0) is 19.3. The fraction of sp³-hybridized carbons (Fsp3) is 0.810. The van der Waals surface area contributed by atoms with Crippen LogP contribution in [0.2, 0.25) is 0 Å². The topological polar surface area (TPSA) is 70.5 Å². The Labute approximate surface area is 156 Å². The second-order valence-corrected chi connectivity index (χ2v) is 8.28. The van der Waals surface area contributed by atoms with Crippen LogP contribution < -0.4 is 11.5 Å². The Kier molecular flexibility index (Phi) is 12.3. The van der Waals surface area contributed by atoms with E-state index in [1.807, 2.05) is 0 Å². The van der Waals surface area contributed by atoms with Gasteiger partial charge < -0.3 is 20.9 Å². The molecule has 0 heterocycles. The van der Waals surface area contributed by atoms with Crippen LogP contribution in [0.1, 0.15) is 54.4 Å². The van der Waals surface area contributed by atoms with Crippen molar-refractivity contribution in [3.05, 3.63) is 23.8 Å². The maximum absolute atomic E-state index is 5.92. The van der Waals surface area contributed by atoms with Gasteiger partial charge in [0.05, 0.1) is 26.4 Å². The minimum atomic E-state index is -0.0805. The van der Waals surface area contributed by atoms with E-state index in [4.69, 9.17) is 20.9 Å². The van der Waals surface area contributed by atoms with E-state index < -0.39 is 0 Å². The van der Waals surface area contributed by atoms with Crippen molar-refractivity contribution >= 4 is 0 Å². The van der Waals surface area contributed by atoms with Gasteiger partial charge in [-0.1, -0.05) is 51.5 Å². The van der Waals surface area contributed by atoms with Gasteiger partial charge in [-0.15, -0.1) is 0 Å². The SMILES string of the molecule is C/C=C\C(C)(C)CC(COCCN)(COCCN)C/C(C)=C/C(C)C. The van der Waals surface area contributed by atoms with Crippen LogP contribution in [0, 0.1) is 16.7 Å². The molecule has 0 aromatic heterocycles. The molecule has 0 spiro atoms. The highest BCUT2D eigenvalue weighted by Gasteiger charge is 2.36. The highest BCUT2D eigenvalue weighted by Crippen LogP contribution is 2.40. The first-order chi connectivity index (χ1) is 11.7. The fourth-order valence-electron chi connectivity index (χ4n) is 3.75. The first-order valence-electron chi connectivity index (χ1n) is 9.57. The van der Waals surface area contributed by atoms with E-state index in [9.17, 15) is 0 Å². The molecule has 4 nitrogen and oxygen atoms in total. The summed E-state index contributed by atoms with van der Waals surface area (Å²) in [6.07, 6.45) is 8.69. The molecule has 0 aromatic carbocycles. The maximum Gasteiger partial charge on any atom is 0.0589 e. The molecule has 0 atom stereocenters. The van der Waals surface area contributed by atoms with Gasteiger partial charge in [0.15, 0.2) is 0 Å². The van der Waals surface area contributed by atoms with E-state index in [-0.39, 0.29) is 10.8 Å². The van der Waals surface area contributed by atoms with Crippen LogP contribution >= 0.6 is 0 Å². The number of rotatable bonds is 14. The zero-order valence-electron chi connectivity index (χ0n) is 17.4. The number of hydrogen-bond acceptors (Lipinski definition) is 4. The van der Waals surface area contributed by atoms with Gasteiger partial charge in [-0.05, 0) is 38.0 Å². The number of ether oxygens (including phenoxy) is 2. The molecule has 0 aliphatic rings. The largest absolute Gasteiger partial charge is 0.379 e. The van der Waals surface area contributed by atoms with Gasteiger partial charge >= 0.3 is 0 Å². The Bertz CT molecular complexity index is 391. The third-order valence-corrected chi connectivity index (χ3v) is 4.06. The van der Waals surface area contributed by atoms with E-state index in [1.165, 1.54) is 5.57 Å². The van der Waals surface area contributed by atoms with Gasteiger partial charge in [-0.25, -0.2) is 0 Å². The number of nitrogens with two attached hydrogens (primary N) is 2. The molecule has 4 heteroatoms. The molecule has 0 amide bonds. The number of allylic oxidation sites excluding steroid dienone is 4. The lowest BCUT2D eigenvalue weighted by Crippen LogP contribution is -2.38. The molecule has 0 bridgehead atoms. The summed E-state index contributed by atoms with van der Waals surface area (Å²) in [6, 6.07) is 0. The van der Waals surface area contributed by atoms with Crippen LogP contribution in [-0.2, 0) is 9.47 Å². The summed E-state index contributed by atoms with van der Waals surface area (Å²) in [7, 11) is 0. The molecule has 0 saturated carbocycles. The van der Waals surface area contributed by atoms with Crippen LogP contribution in [0.3, 0.4) is 0 Å². The van der Waals surface area contributed by atoms with Crippen LogP contribution in [0.5, 0.6) is 0 Å². The number of hydrogen-bond donors (Lipinski definition) is 2. The molecular weight excluding hydrogens is 312 g/mol. The first-order valence-corrected chi connectivity index (χ1v) is 9.57. The third kappa shape index (κ3) is 11.5. The fourth-order valence-corrected chi connectivity index (χ4v) is 3.75. The van der Waals surface area contributed by atoms with Crippen molar-refractivity contribution in [3.8, 4) is 0 Å². The van der Waals surface area contributed by atoms with Crippen molar-refractivity contribution in [2.75, 3.05) is 39.5 Å². The lowest BCUT2D eigenvalue weighted by Gasteiger charge is -2.39. The average Bonchev–Trinajstić information content (AvgIpc) is 2.46. The lowest BCUT2D eigenvalue weighted by molar-refractivity contribution is -0.0367. The molecule has 0 unspecified atom stereocenters. The predicted molar refractivity (Wildman–Crippen MR) is 109 cm³/mol. The Morgan fingerprint density at radius 1 is 1.04 bits per heavy atom. The molecule has 0 radical (unpaired) electrons. The summed E-state index contributed by atoms with van der Waals surface area (Å²) < 4.78 is 11.8. The van der Waals surface area contributed by atoms with Crippen molar-refractivity contribution in [1.29, 1.82) is 0 Å². The summed E-state index contributed by atoms with van der Waals surface area (Å²) >= 11 is 0. The van der Waals surface area contributed by atoms with Crippen molar-refractivity contribution in [1.82, 2.24) is 0 Å². The monoisotopic (exact) mass is 354 g/mol. The minimum Gasteiger partial charge on any atom is -0.379 e. The molecule has 25 heavy (non-hydrogen) atoms. The maximum atomic E-state index is 5.92. The second kappa shape index (κ2) is 12.6. The Morgan fingerprint density at radius 3 is 1.96 bits per heavy atom. The van der Waals surface area contributed by atoms with Crippen LogP contribution in [0.15, 0.2) is 23.8 Å².